The van der Waals surface area contributed by atoms with Crippen molar-refractivity contribution in [1.82, 2.24) is 0 Å². The number of thioether (sulfide) groups is 1. The molecule has 5 aromatic rings. The number of fused-ring (bicyclic) bond motifs is 6. The summed E-state index contributed by atoms with van der Waals surface area (Å²) in [6.45, 7) is 2.10. The van der Waals surface area contributed by atoms with Gasteiger partial charge in [-0.15, -0.1) is 0 Å². The lowest BCUT2D eigenvalue weighted by molar-refractivity contribution is -0.641. The van der Waals surface area contributed by atoms with Crippen LogP contribution in [-0.2, 0) is 17.2 Å². The Hall–Kier alpha value is -3.17. The Morgan fingerprint density at radius 2 is 1.65 bits per heavy atom. The molecule has 0 unspecified atom stereocenters. The molecule has 0 atom stereocenters. The highest BCUT2D eigenvalue weighted by atomic mass is 32.2. The molecule has 8 heteroatoms. The second-order valence-electron chi connectivity index (χ2n) is 9.06. The van der Waals surface area contributed by atoms with Crippen LogP contribution in [0, 0.1) is 0 Å². The zero-order valence-electron chi connectivity index (χ0n) is 20.4. The second kappa shape index (κ2) is 9.29. The van der Waals surface area contributed by atoms with Crippen LogP contribution >= 0.6 is 23.1 Å². The molecule has 4 aromatic carbocycles. The van der Waals surface area contributed by atoms with Crippen molar-refractivity contribution in [2.24, 2.45) is 7.05 Å². The predicted octanol–water partition coefficient (Wildman–Crippen LogP) is 7.12. The largest absolute Gasteiger partial charge is 0.317 e. The standard InChI is InChI=1S/C29H24N2O3S3/c1-3-19(16-26-30(2)28-22-10-6-4-8-20(22)12-14-24(28)35-26)17-27-31(18-37(32,33)34)29-23-11-7-5-9-21(23)13-15-25(29)36-27/h4-17H,3,18H2,1-2H3/p+1. The van der Waals surface area contributed by atoms with Gasteiger partial charge in [0.25, 0.3) is 15.1 Å². The molecule has 2 heterocycles. The van der Waals surface area contributed by atoms with E-state index in [1.54, 1.807) is 16.2 Å². The van der Waals surface area contributed by atoms with Crippen molar-refractivity contribution in [2.45, 2.75) is 18.2 Å². The first-order chi connectivity index (χ1) is 17.8. The van der Waals surface area contributed by atoms with Crippen LogP contribution in [0.3, 0.4) is 0 Å². The molecule has 0 spiro atoms. The number of allylic oxidation sites excluding steroid dienone is 2. The van der Waals surface area contributed by atoms with Crippen molar-refractivity contribution in [3.63, 3.8) is 0 Å². The SMILES string of the molecule is CCC(=Cc1sc2ccc3ccccc3c2[n+]1C)C=C1Sc2ccc3ccccc3c2N1CS(=O)(=O)O. The van der Waals surface area contributed by atoms with Gasteiger partial charge in [0.2, 0.25) is 5.52 Å². The van der Waals surface area contributed by atoms with Gasteiger partial charge in [-0.2, -0.15) is 13.0 Å². The number of thiazole rings is 1. The maximum absolute atomic E-state index is 12.0. The molecular formula is C29H25N2O3S3+. The topological polar surface area (TPSA) is 61.5 Å². The van der Waals surface area contributed by atoms with E-state index in [-0.39, 0.29) is 0 Å². The number of nitrogens with zero attached hydrogens (tertiary/aromatic N) is 2. The van der Waals surface area contributed by atoms with E-state index in [0.717, 1.165) is 43.4 Å². The van der Waals surface area contributed by atoms with Crippen LogP contribution < -0.4 is 9.47 Å². The third-order valence-corrected chi connectivity index (χ3v) is 9.51. The number of hydrogen-bond acceptors (Lipinski definition) is 5. The Kier molecular flexibility index (Phi) is 6.07. The van der Waals surface area contributed by atoms with Crippen molar-refractivity contribution in [1.29, 1.82) is 0 Å². The van der Waals surface area contributed by atoms with Crippen LogP contribution in [0.4, 0.5) is 5.69 Å². The lowest BCUT2D eigenvalue weighted by Gasteiger charge is -2.20. The van der Waals surface area contributed by atoms with Gasteiger partial charge in [0, 0.05) is 16.4 Å². The summed E-state index contributed by atoms with van der Waals surface area (Å²) < 4.78 is 37.3. The van der Waals surface area contributed by atoms with E-state index in [0.29, 0.717) is 0 Å². The summed E-state index contributed by atoms with van der Waals surface area (Å²) in [5.74, 6) is -0.494. The number of rotatable bonds is 5. The molecule has 0 bridgehead atoms. The van der Waals surface area contributed by atoms with Gasteiger partial charge in [0.15, 0.2) is 5.88 Å². The Balaban J connectivity index is 1.47. The highest BCUT2D eigenvalue weighted by molar-refractivity contribution is 8.03. The molecule has 1 aliphatic heterocycles. The van der Waals surface area contributed by atoms with E-state index in [4.69, 9.17) is 0 Å². The fourth-order valence-electron chi connectivity index (χ4n) is 4.92. The highest BCUT2D eigenvalue weighted by Gasteiger charge is 2.30. The normalized spacial score (nSPS) is 15.4. The predicted molar refractivity (Wildman–Crippen MR) is 156 cm³/mol. The van der Waals surface area contributed by atoms with Crippen LogP contribution in [0.15, 0.2) is 94.4 Å². The Morgan fingerprint density at radius 1 is 0.973 bits per heavy atom. The summed E-state index contributed by atoms with van der Waals surface area (Å²) in [4.78, 5) is 2.70. The molecule has 6 rings (SSSR count). The van der Waals surface area contributed by atoms with Gasteiger partial charge >= 0.3 is 0 Å². The van der Waals surface area contributed by atoms with Crippen molar-refractivity contribution < 1.29 is 17.5 Å². The molecule has 0 saturated carbocycles. The average Bonchev–Trinajstić information content (AvgIpc) is 3.39. The number of hydrogen-bond donors (Lipinski definition) is 1. The number of anilines is 1. The van der Waals surface area contributed by atoms with Crippen LogP contribution in [0.2, 0.25) is 0 Å². The Bertz CT molecular complexity index is 1870. The molecule has 37 heavy (non-hydrogen) atoms. The summed E-state index contributed by atoms with van der Waals surface area (Å²) in [5.41, 5.74) is 3.10. The Labute approximate surface area is 224 Å². The van der Waals surface area contributed by atoms with Gasteiger partial charge < -0.3 is 4.90 Å². The molecule has 0 radical (unpaired) electrons. The van der Waals surface area contributed by atoms with Crippen molar-refractivity contribution in [2.75, 3.05) is 10.8 Å². The van der Waals surface area contributed by atoms with E-state index in [1.807, 2.05) is 42.5 Å². The summed E-state index contributed by atoms with van der Waals surface area (Å²) in [5, 5.41) is 6.33. The molecule has 1 aliphatic rings. The van der Waals surface area contributed by atoms with E-state index >= 15 is 0 Å². The van der Waals surface area contributed by atoms with Gasteiger partial charge in [0.1, 0.15) is 11.7 Å². The van der Waals surface area contributed by atoms with Gasteiger partial charge in [-0.05, 0) is 47.0 Å². The lowest BCUT2D eigenvalue weighted by atomic mass is 10.1. The quantitative estimate of drug-likeness (QED) is 0.188. The first-order valence-electron chi connectivity index (χ1n) is 12.0. The first-order valence-corrected chi connectivity index (χ1v) is 15.2. The van der Waals surface area contributed by atoms with Gasteiger partial charge in [-0.25, -0.2) is 0 Å². The van der Waals surface area contributed by atoms with E-state index < -0.39 is 16.0 Å². The molecule has 0 fully saturated rings. The third-order valence-electron chi connectivity index (χ3n) is 6.68. The molecule has 0 saturated heterocycles. The average molecular weight is 546 g/mol. The van der Waals surface area contributed by atoms with Gasteiger partial charge in [-0.1, -0.05) is 84.6 Å². The van der Waals surface area contributed by atoms with Gasteiger partial charge in [0.05, 0.1) is 16.1 Å². The molecule has 0 aliphatic carbocycles. The number of aromatic nitrogens is 1. The molecule has 186 valence electrons. The zero-order valence-corrected chi connectivity index (χ0v) is 22.8. The fraction of sp³-hybridized carbons (Fsp3) is 0.138. The smallest absolute Gasteiger partial charge is 0.283 e. The summed E-state index contributed by atoms with van der Waals surface area (Å²) in [6.07, 6.45) is 5.00. The summed E-state index contributed by atoms with van der Waals surface area (Å²) >= 11 is 3.27. The van der Waals surface area contributed by atoms with Gasteiger partial charge in [-0.3, -0.25) is 4.55 Å². The molecular weight excluding hydrogens is 521 g/mol. The molecule has 1 N–H and O–H groups in total. The number of benzene rings is 4. The van der Waals surface area contributed by atoms with Crippen molar-refractivity contribution >= 4 is 76.7 Å². The van der Waals surface area contributed by atoms with E-state index in [2.05, 4.69) is 61.0 Å². The Morgan fingerprint density at radius 3 is 2.38 bits per heavy atom. The maximum Gasteiger partial charge on any atom is 0.283 e. The fourth-order valence-corrected chi connectivity index (χ4v) is 7.89. The molecule has 0 amide bonds. The lowest BCUT2D eigenvalue weighted by Crippen LogP contribution is -2.29. The first kappa shape index (κ1) is 24.2. The van der Waals surface area contributed by atoms with E-state index in [9.17, 15) is 13.0 Å². The van der Waals surface area contributed by atoms with Crippen molar-refractivity contribution in [3.8, 4) is 0 Å². The third kappa shape index (κ3) is 4.44. The van der Waals surface area contributed by atoms with E-state index in [1.165, 1.54) is 32.8 Å². The minimum atomic E-state index is -4.25. The summed E-state index contributed by atoms with van der Waals surface area (Å²) in [6, 6.07) is 24.7. The van der Waals surface area contributed by atoms with Crippen LogP contribution in [0.1, 0.15) is 18.4 Å². The summed E-state index contributed by atoms with van der Waals surface area (Å²) in [7, 11) is -2.16. The monoisotopic (exact) mass is 545 g/mol. The minimum Gasteiger partial charge on any atom is -0.317 e. The maximum atomic E-state index is 12.0. The molecule has 1 aromatic heterocycles. The minimum absolute atomic E-state index is 0.494. The van der Waals surface area contributed by atoms with Crippen LogP contribution in [-0.4, -0.2) is 18.8 Å². The highest BCUT2D eigenvalue weighted by Crippen LogP contribution is 2.50. The number of aryl methyl sites for hydroxylation is 1. The second-order valence-corrected chi connectivity index (χ2v) is 12.6. The van der Waals surface area contributed by atoms with Crippen LogP contribution in [0.5, 0.6) is 0 Å². The zero-order chi connectivity index (χ0) is 25.7. The van der Waals surface area contributed by atoms with Crippen molar-refractivity contribution in [3.05, 3.63) is 94.5 Å². The van der Waals surface area contributed by atoms with Crippen LogP contribution in [0.25, 0.3) is 37.8 Å². The molecule has 5 nitrogen and oxygen atoms in total.